The molecule has 41 heavy (non-hydrogen) atoms. The number of hydrogen-bond donors (Lipinski definition) is 0. The van der Waals surface area contributed by atoms with Crippen molar-refractivity contribution in [3.05, 3.63) is 109 Å². The highest BCUT2D eigenvalue weighted by atomic mass is 28.4. The first-order chi connectivity index (χ1) is 19.8. The Balaban J connectivity index is 1.45. The quantitative estimate of drug-likeness (QED) is 0.153. The monoisotopic (exact) mass is 572 g/mol. The molecule has 3 aromatic carbocycles. The average molecular weight is 573 g/mol. The molecule has 1 aliphatic rings. The summed E-state index contributed by atoms with van der Waals surface area (Å²) >= 11 is 0. The van der Waals surface area contributed by atoms with E-state index < -0.39 is 8.32 Å². The van der Waals surface area contributed by atoms with Gasteiger partial charge in [0.05, 0.1) is 38.6 Å². The Morgan fingerprint density at radius 2 is 1.34 bits per heavy atom. The van der Waals surface area contributed by atoms with E-state index in [9.17, 15) is 0 Å². The lowest BCUT2D eigenvalue weighted by molar-refractivity contribution is -0.0879. The summed E-state index contributed by atoms with van der Waals surface area (Å²) in [5, 5.41) is 2.44. The fraction of sp³-hybridized carbons (Fsp3) is 0.444. The van der Waals surface area contributed by atoms with Gasteiger partial charge in [0.1, 0.15) is 6.10 Å². The summed E-state index contributed by atoms with van der Waals surface area (Å²) in [5.74, 6) is 0. The van der Waals surface area contributed by atoms with E-state index in [1.807, 2.05) is 13.0 Å². The second-order valence-electron chi connectivity index (χ2n) is 12.4. The van der Waals surface area contributed by atoms with Gasteiger partial charge < -0.3 is 18.6 Å². The van der Waals surface area contributed by atoms with Crippen LogP contribution in [-0.4, -0.2) is 46.4 Å². The Kier molecular flexibility index (Phi) is 11.5. The summed E-state index contributed by atoms with van der Waals surface area (Å²) < 4.78 is 26.3. The Bertz CT molecular complexity index is 1140. The molecule has 0 spiro atoms. The third kappa shape index (κ3) is 8.73. The third-order valence-corrected chi connectivity index (χ3v) is 12.9. The minimum atomic E-state index is -2.67. The Labute approximate surface area is 248 Å². The van der Waals surface area contributed by atoms with Crippen LogP contribution in [0.3, 0.4) is 0 Å². The van der Waals surface area contributed by atoms with Gasteiger partial charge in [-0.2, -0.15) is 0 Å². The van der Waals surface area contributed by atoms with E-state index in [1.54, 1.807) is 0 Å². The van der Waals surface area contributed by atoms with Crippen molar-refractivity contribution < 1.29 is 18.6 Å². The maximum atomic E-state index is 7.19. The summed E-state index contributed by atoms with van der Waals surface area (Å²) in [6.07, 6.45) is 4.34. The van der Waals surface area contributed by atoms with Crippen molar-refractivity contribution in [3.63, 3.8) is 0 Å². The molecule has 4 rings (SSSR count). The summed E-state index contributed by atoms with van der Waals surface area (Å²) in [6.45, 7) is 15.1. The molecule has 0 bridgehead atoms. The first kappa shape index (κ1) is 31.4. The van der Waals surface area contributed by atoms with Crippen LogP contribution in [0.2, 0.25) is 5.04 Å². The van der Waals surface area contributed by atoms with Gasteiger partial charge >= 0.3 is 0 Å². The smallest absolute Gasteiger partial charge is 0.261 e. The molecule has 0 saturated heterocycles. The molecule has 1 aliphatic carbocycles. The van der Waals surface area contributed by atoms with Gasteiger partial charge in [0.2, 0.25) is 0 Å². The molecule has 0 amide bonds. The lowest BCUT2D eigenvalue weighted by atomic mass is 9.95. The van der Waals surface area contributed by atoms with Gasteiger partial charge in [-0.1, -0.05) is 124 Å². The highest BCUT2D eigenvalue weighted by molar-refractivity contribution is 6.99. The van der Waals surface area contributed by atoms with Crippen molar-refractivity contribution in [2.75, 3.05) is 19.8 Å². The third-order valence-electron chi connectivity index (χ3n) is 7.89. The van der Waals surface area contributed by atoms with E-state index in [2.05, 4.69) is 112 Å². The zero-order valence-corrected chi connectivity index (χ0v) is 26.4. The van der Waals surface area contributed by atoms with Gasteiger partial charge in [-0.25, -0.2) is 0 Å². The summed E-state index contributed by atoms with van der Waals surface area (Å²) in [6, 6.07) is 31.9. The van der Waals surface area contributed by atoms with E-state index in [-0.39, 0.29) is 23.4 Å². The lowest BCUT2D eigenvalue weighted by Crippen LogP contribution is -2.67. The molecule has 0 radical (unpaired) electrons. The van der Waals surface area contributed by atoms with Crippen molar-refractivity contribution >= 4 is 18.7 Å². The molecular formula is C36H48O4Si. The van der Waals surface area contributed by atoms with Gasteiger partial charge in [0.15, 0.2) is 0 Å². The number of ether oxygens (including phenoxy) is 3. The van der Waals surface area contributed by atoms with Crippen molar-refractivity contribution in [3.8, 4) is 0 Å². The van der Waals surface area contributed by atoms with Crippen LogP contribution < -0.4 is 10.4 Å². The average Bonchev–Trinajstić information content (AvgIpc) is 2.98. The molecule has 5 heteroatoms. The molecule has 1 unspecified atom stereocenters. The molecule has 0 aromatic heterocycles. The topological polar surface area (TPSA) is 36.9 Å². The highest BCUT2D eigenvalue weighted by Gasteiger charge is 2.50. The fourth-order valence-electron chi connectivity index (χ4n) is 5.82. The van der Waals surface area contributed by atoms with E-state index in [0.29, 0.717) is 26.4 Å². The van der Waals surface area contributed by atoms with Crippen LogP contribution in [-0.2, 0) is 25.2 Å². The minimum Gasteiger partial charge on any atom is -0.405 e. The minimum absolute atomic E-state index is 0.0951. The highest BCUT2D eigenvalue weighted by Crippen LogP contribution is 2.37. The molecule has 0 N–H and O–H groups in total. The zero-order valence-electron chi connectivity index (χ0n) is 25.4. The van der Waals surface area contributed by atoms with Gasteiger partial charge in [0.25, 0.3) is 8.32 Å². The summed E-state index contributed by atoms with van der Waals surface area (Å²) in [7, 11) is -2.67. The molecule has 1 fully saturated rings. The van der Waals surface area contributed by atoms with Crippen molar-refractivity contribution in [2.45, 2.75) is 83.3 Å². The zero-order chi connectivity index (χ0) is 29.1. The van der Waals surface area contributed by atoms with Crippen LogP contribution in [0.5, 0.6) is 0 Å². The van der Waals surface area contributed by atoms with E-state index in [1.165, 1.54) is 15.9 Å². The van der Waals surface area contributed by atoms with Crippen LogP contribution in [0.1, 0.15) is 58.9 Å². The summed E-state index contributed by atoms with van der Waals surface area (Å²) in [4.78, 5) is 0. The Morgan fingerprint density at radius 1 is 0.805 bits per heavy atom. The van der Waals surface area contributed by atoms with Crippen LogP contribution in [0.4, 0.5) is 0 Å². The first-order valence-electron chi connectivity index (χ1n) is 15.1. The fourth-order valence-corrected chi connectivity index (χ4v) is 10.4. The number of benzene rings is 3. The van der Waals surface area contributed by atoms with Gasteiger partial charge in [-0.15, -0.1) is 0 Å². The van der Waals surface area contributed by atoms with Crippen LogP contribution in [0.15, 0.2) is 103 Å². The molecule has 0 aliphatic heterocycles. The van der Waals surface area contributed by atoms with Gasteiger partial charge in [0, 0.05) is 0 Å². The normalized spacial score (nSPS) is 18.6. The van der Waals surface area contributed by atoms with Crippen LogP contribution in [0.25, 0.3) is 0 Å². The predicted octanol–water partition coefficient (Wildman–Crippen LogP) is 7.07. The van der Waals surface area contributed by atoms with E-state index in [0.717, 1.165) is 31.3 Å². The number of rotatable bonds is 14. The Morgan fingerprint density at radius 3 is 1.88 bits per heavy atom. The van der Waals surface area contributed by atoms with Crippen molar-refractivity contribution in [2.24, 2.45) is 0 Å². The van der Waals surface area contributed by atoms with E-state index >= 15 is 0 Å². The molecule has 4 nitrogen and oxygen atoms in total. The maximum absolute atomic E-state index is 7.19. The van der Waals surface area contributed by atoms with E-state index in [4.69, 9.17) is 18.6 Å². The second-order valence-corrected chi connectivity index (χ2v) is 16.7. The molecule has 3 aromatic rings. The largest absolute Gasteiger partial charge is 0.405 e. The van der Waals surface area contributed by atoms with Crippen molar-refractivity contribution in [1.82, 2.24) is 0 Å². The number of hydrogen-bond acceptors (Lipinski definition) is 4. The SMILES string of the molecule is C=C(C)COC(CO[C@@H]1CCC[C@H](OCc2ccccc2)C1)CO[Si](c1ccccc1)(c1ccccc1)C(C)(C)C. The van der Waals surface area contributed by atoms with Gasteiger partial charge in [-0.05, 0) is 53.6 Å². The molecule has 220 valence electrons. The maximum Gasteiger partial charge on any atom is 0.261 e. The van der Waals surface area contributed by atoms with Crippen LogP contribution in [0, 0.1) is 0 Å². The first-order valence-corrected chi connectivity index (χ1v) is 17.0. The molecule has 3 atom stereocenters. The predicted molar refractivity (Wildman–Crippen MR) is 171 cm³/mol. The summed E-state index contributed by atoms with van der Waals surface area (Å²) in [5.41, 5.74) is 2.21. The van der Waals surface area contributed by atoms with Crippen LogP contribution >= 0.6 is 0 Å². The van der Waals surface area contributed by atoms with Crippen molar-refractivity contribution in [1.29, 1.82) is 0 Å². The standard InChI is InChI=1S/C36H48O4Si/c1-29(2)25-37-33(27-39-32-19-15-18-31(24-32)38-26-30-16-9-6-10-17-30)28-40-41(36(3,4)5,34-20-11-7-12-21-34)35-22-13-8-14-23-35/h6-14,16-17,20-23,31-33H,1,15,18-19,24-28H2,2-5H3/t31-,32+,33?/m0/s1. The molecule has 0 heterocycles. The van der Waals surface area contributed by atoms with Gasteiger partial charge in [-0.3, -0.25) is 0 Å². The lowest BCUT2D eigenvalue weighted by Gasteiger charge is -2.43. The second kappa shape index (κ2) is 15.1. The Hall–Kier alpha value is -2.54. The molecule has 1 saturated carbocycles. The molecular weight excluding hydrogens is 524 g/mol.